The number of hydrogen-bond donors (Lipinski definition) is 2. The lowest BCUT2D eigenvalue weighted by Gasteiger charge is -2.19. The molecule has 0 radical (unpaired) electrons. The van der Waals surface area contributed by atoms with Crippen molar-refractivity contribution in [3.8, 4) is 11.5 Å². The SMILES string of the molecule is Cl.NNc1cc2c(cc1Br)OCCO2. The quantitative estimate of drug-likeness (QED) is 0.610. The second-order valence-electron chi connectivity index (χ2n) is 2.62. The molecule has 4 nitrogen and oxygen atoms in total. The Morgan fingerprint density at radius 3 is 2.36 bits per heavy atom. The molecule has 0 aromatic heterocycles. The van der Waals surface area contributed by atoms with Crippen molar-refractivity contribution in [3.63, 3.8) is 0 Å². The van der Waals surface area contributed by atoms with Gasteiger partial charge in [-0.15, -0.1) is 12.4 Å². The second kappa shape index (κ2) is 4.72. The minimum Gasteiger partial charge on any atom is -0.486 e. The third kappa shape index (κ3) is 2.05. The highest BCUT2D eigenvalue weighted by atomic mass is 79.9. The molecule has 0 spiro atoms. The number of nitrogens with one attached hydrogen (secondary N) is 1. The zero-order valence-electron chi connectivity index (χ0n) is 7.25. The highest BCUT2D eigenvalue weighted by Crippen LogP contribution is 2.37. The first-order valence-electron chi connectivity index (χ1n) is 3.87. The average molecular weight is 282 g/mol. The second-order valence-corrected chi connectivity index (χ2v) is 3.47. The van der Waals surface area contributed by atoms with E-state index in [1.54, 1.807) is 6.07 Å². The summed E-state index contributed by atoms with van der Waals surface area (Å²) in [5.41, 5.74) is 3.34. The van der Waals surface area contributed by atoms with Gasteiger partial charge in [0.15, 0.2) is 11.5 Å². The molecule has 3 N–H and O–H groups in total. The van der Waals surface area contributed by atoms with Gasteiger partial charge in [0.25, 0.3) is 0 Å². The van der Waals surface area contributed by atoms with E-state index < -0.39 is 0 Å². The van der Waals surface area contributed by atoms with Crippen LogP contribution in [0.15, 0.2) is 16.6 Å². The third-order valence-corrected chi connectivity index (χ3v) is 2.44. The van der Waals surface area contributed by atoms with Crippen LogP contribution in [-0.4, -0.2) is 13.2 Å². The Kier molecular flexibility index (Phi) is 3.86. The van der Waals surface area contributed by atoms with E-state index in [2.05, 4.69) is 21.4 Å². The van der Waals surface area contributed by atoms with Crippen LogP contribution < -0.4 is 20.7 Å². The number of rotatable bonds is 1. The molecule has 0 saturated heterocycles. The Hall–Kier alpha value is -0.650. The van der Waals surface area contributed by atoms with E-state index in [-0.39, 0.29) is 12.4 Å². The third-order valence-electron chi connectivity index (χ3n) is 1.79. The van der Waals surface area contributed by atoms with Crippen molar-refractivity contribution in [3.05, 3.63) is 16.6 Å². The Bertz CT molecular complexity index is 335. The summed E-state index contributed by atoms with van der Waals surface area (Å²) in [7, 11) is 0. The maximum absolute atomic E-state index is 5.38. The topological polar surface area (TPSA) is 56.5 Å². The van der Waals surface area contributed by atoms with Crippen LogP contribution in [0.25, 0.3) is 0 Å². The van der Waals surface area contributed by atoms with E-state index in [1.807, 2.05) is 6.07 Å². The molecule has 0 saturated carbocycles. The molecule has 0 aliphatic carbocycles. The smallest absolute Gasteiger partial charge is 0.163 e. The Balaban J connectivity index is 0.000000980. The number of halogens is 2. The Labute approximate surface area is 96.3 Å². The lowest BCUT2D eigenvalue weighted by molar-refractivity contribution is 0.171. The summed E-state index contributed by atoms with van der Waals surface area (Å²) in [5, 5.41) is 0. The van der Waals surface area contributed by atoms with Crippen LogP contribution in [0.3, 0.4) is 0 Å². The number of ether oxygens (including phenoxy) is 2. The van der Waals surface area contributed by atoms with Gasteiger partial charge in [-0.2, -0.15) is 0 Å². The van der Waals surface area contributed by atoms with Gasteiger partial charge in [0.05, 0.1) is 5.69 Å². The zero-order valence-corrected chi connectivity index (χ0v) is 9.65. The van der Waals surface area contributed by atoms with Crippen LogP contribution in [0.1, 0.15) is 0 Å². The minimum atomic E-state index is 0. The van der Waals surface area contributed by atoms with Crippen molar-refractivity contribution < 1.29 is 9.47 Å². The van der Waals surface area contributed by atoms with E-state index >= 15 is 0 Å². The molecule has 0 bridgehead atoms. The number of benzene rings is 1. The zero-order chi connectivity index (χ0) is 9.26. The van der Waals surface area contributed by atoms with Gasteiger partial charge in [0.1, 0.15) is 13.2 Å². The average Bonchev–Trinajstić information content (AvgIpc) is 2.17. The van der Waals surface area contributed by atoms with Crippen molar-refractivity contribution in [1.29, 1.82) is 0 Å². The number of anilines is 1. The molecule has 14 heavy (non-hydrogen) atoms. The Morgan fingerprint density at radius 1 is 1.21 bits per heavy atom. The highest BCUT2D eigenvalue weighted by Gasteiger charge is 2.13. The summed E-state index contributed by atoms with van der Waals surface area (Å²) < 4.78 is 11.6. The van der Waals surface area contributed by atoms with Gasteiger partial charge in [0, 0.05) is 16.6 Å². The van der Waals surface area contributed by atoms with Crippen LogP contribution in [0.5, 0.6) is 11.5 Å². The predicted octanol–water partition coefficient (Wildman–Crippen LogP) is 1.93. The van der Waals surface area contributed by atoms with E-state index in [4.69, 9.17) is 15.3 Å². The summed E-state index contributed by atoms with van der Waals surface area (Å²) in [6, 6.07) is 3.64. The van der Waals surface area contributed by atoms with Gasteiger partial charge in [-0.1, -0.05) is 0 Å². The van der Waals surface area contributed by atoms with Gasteiger partial charge in [-0.25, -0.2) is 0 Å². The fraction of sp³-hybridized carbons (Fsp3) is 0.250. The van der Waals surface area contributed by atoms with Gasteiger partial charge in [-0.05, 0) is 15.9 Å². The van der Waals surface area contributed by atoms with Crippen molar-refractivity contribution in [2.45, 2.75) is 0 Å². The fourth-order valence-electron chi connectivity index (χ4n) is 1.17. The number of nitrogen functional groups attached to an aromatic ring is 1. The summed E-state index contributed by atoms with van der Waals surface area (Å²) in [4.78, 5) is 0. The van der Waals surface area contributed by atoms with Gasteiger partial charge in [-0.3, -0.25) is 5.84 Å². The van der Waals surface area contributed by atoms with Crippen molar-refractivity contribution in [2.75, 3.05) is 18.6 Å². The van der Waals surface area contributed by atoms with Gasteiger partial charge in [0.2, 0.25) is 0 Å². The fourth-order valence-corrected chi connectivity index (χ4v) is 1.61. The van der Waals surface area contributed by atoms with Crippen LogP contribution in [0, 0.1) is 0 Å². The lowest BCUT2D eigenvalue weighted by Crippen LogP contribution is -2.16. The maximum atomic E-state index is 5.38. The molecule has 1 aliphatic rings. The van der Waals surface area contributed by atoms with Crippen molar-refractivity contribution in [1.82, 2.24) is 0 Å². The number of fused-ring (bicyclic) bond motifs is 1. The molecule has 6 heteroatoms. The van der Waals surface area contributed by atoms with Crippen LogP contribution in [0.2, 0.25) is 0 Å². The molecule has 2 rings (SSSR count). The summed E-state index contributed by atoms with van der Waals surface area (Å²) in [6.45, 7) is 1.17. The summed E-state index contributed by atoms with van der Waals surface area (Å²) in [6.07, 6.45) is 0. The minimum absolute atomic E-state index is 0. The number of hydrazine groups is 1. The number of hydrogen-bond acceptors (Lipinski definition) is 4. The molecule has 1 aromatic rings. The van der Waals surface area contributed by atoms with E-state index in [9.17, 15) is 0 Å². The maximum Gasteiger partial charge on any atom is 0.163 e. The van der Waals surface area contributed by atoms with Gasteiger partial charge < -0.3 is 14.9 Å². The molecule has 0 atom stereocenters. The molecule has 0 fully saturated rings. The van der Waals surface area contributed by atoms with Crippen LogP contribution in [0.4, 0.5) is 5.69 Å². The first kappa shape index (κ1) is 11.4. The molecular weight excluding hydrogens is 271 g/mol. The Morgan fingerprint density at radius 2 is 1.79 bits per heavy atom. The molecule has 1 aliphatic heterocycles. The van der Waals surface area contributed by atoms with E-state index in [0.29, 0.717) is 13.2 Å². The summed E-state index contributed by atoms with van der Waals surface area (Å²) in [5.74, 6) is 6.78. The largest absolute Gasteiger partial charge is 0.486 e. The van der Waals surface area contributed by atoms with Crippen LogP contribution in [-0.2, 0) is 0 Å². The van der Waals surface area contributed by atoms with Gasteiger partial charge >= 0.3 is 0 Å². The van der Waals surface area contributed by atoms with E-state index in [0.717, 1.165) is 21.7 Å². The molecular formula is C8H10BrClN2O2. The first-order valence-corrected chi connectivity index (χ1v) is 4.66. The highest BCUT2D eigenvalue weighted by molar-refractivity contribution is 9.10. The summed E-state index contributed by atoms with van der Waals surface area (Å²) >= 11 is 3.36. The lowest BCUT2D eigenvalue weighted by atomic mass is 10.2. The molecule has 0 amide bonds. The van der Waals surface area contributed by atoms with E-state index in [1.165, 1.54) is 0 Å². The first-order chi connectivity index (χ1) is 6.31. The standard InChI is InChI=1S/C8H9BrN2O2.ClH/c9-5-3-7-8(4-6(5)11-10)13-2-1-12-7;/h3-4,11H,1-2,10H2;1H. The number of nitrogens with two attached hydrogens (primary N) is 1. The normalized spacial score (nSPS) is 13.0. The van der Waals surface area contributed by atoms with Crippen LogP contribution >= 0.6 is 28.3 Å². The van der Waals surface area contributed by atoms with Crippen molar-refractivity contribution >= 4 is 34.0 Å². The molecule has 1 aromatic carbocycles. The molecule has 0 unspecified atom stereocenters. The van der Waals surface area contributed by atoms with Crippen molar-refractivity contribution in [2.24, 2.45) is 5.84 Å². The monoisotopic (exact) mass is 280 g/mol. The molecule has 78 valence electrons. The molecule has 1 heterocycles. The predicted molar refractivity (Wildman–Crippen MR) is 60.2 cm³/mol.